The highest BCUT2D eigenvalue weighted by Crippen LogP contribution is 2.21. The number of urea groups is 1. The molecular weight excluding hydrogens is 260 g/mol. The maximum absolute atomic E-state index is 12.0. The summed E-state index contributed by atoms with van der Waals surface area (Å²) in [7, 11) is 0. The highest BCUT2D eigenvalue weighted by atomic mass is 16.5. The molecule has 2 rings (SSSR count). The smallest absolute Gasteiger partial charge is 0.317 e. The van der Waals surface area contributed by atoms with Gasteiger partial charge < -0.3 is 20.1 Å². The van der Waals surface area contributed by atoms with Gasteiger partial charge in [-0.05, 0) is 38.0 Å². The minimum Gasteiger partial charge on any atom is -0.481 e. The molecule has 2 fully saturated rings. The molecule has 2 aliphatic rings. The lowest BCUT2D eigenvalue weighted by atomic mass is 10.0. The fraction of sp³-hybridized carbons (Fsp3) is 0.857. The van der Waals surface area contributed by atoms with Crippen molar-refractivity contribution in [1.82, 2.24) is 10.2 Å². The number of amides is 2. The zero-order valence-electron chi connectivity index (χ0n) is 11.8. The highest BCUT2D eigenvalue weighted by molar-refractivity contribution is 5.74. The second-order valence-corrected chi connectivity index (χ2v) is 5.69. The molecule has 2 aliphatic heterocycles. The Morgan fingerprint density at radius 2 is 2.15 bits per heavy atom. The maximum Gasteiger partial charge on any atom is 0.317 e. The standard InChI is InChI=1S/C14H24N2O4/c17-13(18)4-3-11-6-8-16(10-11)14(19)15-7-5-12-2-1-9-20-12/h11-12H,1-10H2,(H,15,19)(H,17,18). The fourth-order valence-electron chi connectivity index (χ4n) is 2.90. The normalized spacial score (nSPS) is 25.9. The molecule has 0 bridgehead atoms. The van der Waals surface area contributed by atoms with E-state index in [0.29, 0.717) is 31.5 Å². The molecule has 6 nitrogen and oxygen atoms in total. The van der Waals surface area contributed by atoms with Crippen molar-refractivity contribution in [3.63, 3.8) is 0 Å². The van der Waals surface area contributed by atoms with Crippen molar-refractivity contribution in [3.8, 4) is 0 Å². The maximum atomic E-state index is 12.0. The number of nitrogens with one attached hydrogen (secondary N) is 1. The van der Waals surface area contributed by atoms with E-state index in [2.05, 4.69) is 5.32 Å². The van der Waals surface area contributed by atoms with Crippen LogP contribution in [-0.2, 0) is 9.53 Å². The van der Waals surface area contributed by atoms with Crippen molar-refractivity contribution in [2.45, 2.75) is 44.6 Å². The van der Waals surface area contributed by atoms with Crippen molar-refractivity contribution in [3.05, 3.63) is 0 Å². The average Bonchev–Trinajstić information content (AvgIpc) is 3.07. The molecule has 2 atom stereocenters. The van der Waals surface area contributed by atoms with Gasteiger partial charge in [-0.2, -0.15) is 0 Å². The third-order valence-electron chi connectivity index (χ3n) is 4.11. The van der Waals surface area contributed by atoms with E-state index in [1.54, 1.807) is 4.90 Å². The Morgan fingerprint density at radius 1 is 1.30 bits per heavy atom. The Morgan fingerprint density at radius 3 is 2.85 bits per heavy atom. The van der Waals surface area contributed by atoms with Gasteiger partial charge >= 0.3 is 12.0 Å². The second-order valence-electron chi connectivity index (χ2n) is 5.69. The van der Waals surface area contributed by atoms with Crippen molar-refractivity contribution in [2.24, 2.45) is 5.92 Å². The molecule has 0 aromatic carbocycles. The molecule has 0 aromatic heterocycles. The number of carboxylic acid groups (broad SMARTS) is 1. The summed E-state index contributed by atoms with van der Waals surface area (Å²) in [6, 6.07) is -0.0270. The first-order valence-corrected chi connectivity index (χ1v) is 7.51. The van der Waals surface area contributed by atoms with Crippen LogP contribution in [0.5, 0.6) is 0 Å². The third-order valence-corrected chi connectivity index (χ3v) is 4.11. The van der Waals surface area contributed by atoms with Gasteiger partial charge in [0.1, 0.15) is 0 Å². The first-order chi connectivity index (χ1) is 9.65. The Labute approximate surface area is 119 Å². The lowest BCUT2D eigenvalue weighted by molar-refractivity contribution is -0.137. The van der Waals surface area contributed by atoms with E-state index >= 15 is 0 Å². The number of ether oxygens (including phenoxy) is 1. The van der Waals surface area contributed by atoms with Crippen LogP contribution in [-0.4, -0.2) is 54.4 Å². The first-order valence-electron chi connectivity index (χ1n) is 7.51. The Balaban J connectivity index is 1.59. The summed E-state index contributed by atoms with van der Waals surface area (Å²) >= 11 is 0. The summed E-state index contributed by atoms with van der Waals surface area (Å²) in [5, 5.41) is 11.6. The van der Waals surface area contributed by atoms with Crippen LogP contribution in [0, 0.1) is 5.92 Å². The van der Waals surface area contributed by atoms with Crippen LogP contribution in [0.1, 0.15) is 38.5 Å². The summed E-state index contributed by atoms with van der Waals surface area (Å²) in [6.45, 7) is 2.91. The molecule has 0 radical (unpaired) electrons. The summed E-state index contributed by atoms with van der Waals surface area (Å²) < 4.78 is 5.51. The molecule has 0 spiro atoms. The molecule has 114 valence electrons. The van der Waals surface area contributed by atoms with Crippen molar-refractivity contribution >= 4 is 12.0 Å². The van der Waals surface area contributed by atoms with Crippen LogP contribution in [0.25, 0.3) is 0 Å². The van der Waals surface area contributed by atoms with Gasteiger partial charge in [0.05, 0.1) is 6.10 Å². The van der Waals surface area contributed by atoms with Gasteiger partial charge in [-0.3, -0.25) is 4.79 Å². The van der Waals surface area contributed by atoms with Gasteiger partial charge in [-0.1, -0.05) is 0 Å². The molecule has 2 saturated heterocycles. The van der Waals surface area contributed by atoms with Gasteiger partial charge in [0.15, 0.2) is 0 Å². The Hall–Kier alpha value is -1.30. The van der Waals surface area contributed by atoms with Crippen molar-refractivity contribution in [1.29, 1.82) is 0 Å². The van der Waals surface area contributed by atoms with Gasteiger partial charge in [0, 0.05) is 32.7 Å². The highest BCUT2D eigenvalue weighted by Gasteiger charge is 2.26. The van der Waals surface area contributed by atoms with Crippen LogP contribution < -0.4 is 5.32 Å². The van der Waals surface area contributed by atoms with E-state index in [4.69, 9.17) is 9.84 Å². The predicted octanol–water partition coefficient (Wildman–Crippen LogP) is 1.45. The zero-order valence-corrected chi connectivity index (χ0v) is 11.8. The third kappa shape index (κ3) is 4.67. The monoisotopic (exact) mass is 284 g/mol. The molecule has 2 N–H and O–H groups in total. The van der Waals surface area contributed by atoms with Crippen molar-refractivity contribution < 1.29 is 19.4 Å². The summed E-state index contributed by atoms with van der Waals surface area (Å²) in [5.41, 5.74) is 0. The molecule has 6 heteroatoms. The lowest BCUT2D eigenvalue weighted by Crippen LogP contribution is -2.39. The lowest BCUT2D eigenvalue weighted by Gasteiger charge is -2.18. The number of carbonyl (C=O) groups is 2. The number of nitrogens with zero attached hydrogens (tertiary/aromatic N) is 1. The van der Waals surface area contributed by atoms with Crippen LogP contribution in [0.15, 0.2) is 0 Å². The van der Waals surface area contributed by atoms with Crippen LogP contribution in [0.2, 0.25) is 0 Å². The average molecular weight is 284 g/mol. The predicted molar refractivity (Wildman–Crippen MR) is 73.5 cm³/mol. The Bertz CT molecular complexity index is 342. The van der Waals surface area contributed by atoms with E-state index in [-0.39, 0.29) is 12.5 Å². The SMILES string of the molecule is O=C(O)CCC1CCN(C(=O)NCCC2CCCO2)C1. The number of carboxylic acids is 1. The molecular formula is C14H24N2O4. The molecule has 0 saturated carbocycles. The van der Waals surface area contributed by atoms with Crippen LogP contribution in [0.4, 0.5) is 4.79 Å². The molecule has 2 unspecified atom stereocenters. The zero-order chi connectivity index (χ0) is 14.4. The van der Waals surface area contributed by atoms with Gasteiger partial charge in [0.25, 0.3) is 0 Å². The molecule has 2 amide bonds. The number of aliphatic carboxylic acids is 1. The molecule has 0 aliphatic carbocycles. The van der Waals surface area contributed by atoms with E-state index in [1.807, 2.05) is 0 Å². The first kappa shape index (κ1) is 15.1. The van der Waals surface area contributed by atoms with Crippen LogP contribution in [0.3, 0.4) is 0 Å². The summed E-state index contributed by atoms with van der Waals surface area (Å²) in [5.74, 6) is -0.431. The molecule has 20 heavy (non-hydrogen) atoms. The topological polar surface area (TPSA) is 78.9 Å². The van der Waals surface area contributed by atoms with Crippen molar-refractivity contribution in [2.75, 3.05) is 26.2 Å². The summed E-state index contributed by atoms with van der Waals surface area (Å²) in [6.07, 6.45) is 5.16. The van der Waals surface area contributed by atoms with Gasteiger partial charge in [-0.15, -0.1) is 0 Å². The molecule has 0 aromatic rings. The second kappa shape index (κ2) is 7.47. The number of likely N-dealkylation sites (tertiary alicyclic amines) is 1. The van der Waals surface area contributed by atoms with Crippen LogP contribution >= 0.6 is 0 Å². The number of carbonyl (C=O) groups excluding carboxylic acids is 1. The Kier molecular flexibility index (Phi) is 5.64. The van der Waals surface area contributed by atoms with E-state index in [1.165, 1.54) is 0 Å². The number of rotatable bonds is 6. The van der Waals surface area contributed by atoms with Gasteiger partial charge in [0.2, 0.25) is 0 Å². The van der Waals surface area contributed by atoms with E-state index in [0.717, 1.165) is 38.8 Å². The number of hydrogen-bond acceptors (Lipinski definition) is 3. The van der Waals surface area contributed by atoms with E-state index < -0.39 is 5.97 Å². The minimum absolute atomic E-state index is 0.0270. The van der Waals surface area contributed by atoms with Gasteiger partial charge in [-0.25, -0.2) is 4.79 Å². The summed E-state index contributed by atoms with van der Waals surface area (Å²) in [4.78, 5) is 24.3. The van der Waals surface area contributed by atoms with E-state index in [9.17, 15) is 9.59 Å². The molecule has 2 heterocycles. The number of hydrogen-bond donors (Lipinski definition) is 2. The fourth-order valence-corrected chi connectivity index (χ4v) is 2.90. The quantitative estimate of drug-likeness (QED) is 0.774. The minimum atomic E-state index is -0.760. The largest absolute Gasteiger partial charge is 0.481 e.